The molecule has 2 aromatic carbocycles. The predicted octanol–water partition coefficient (Wildman–Crippen LogP) is 3.13. The fourth-order valence-corrected chi connectivity index (χ4v) is 5.45. The van der Waals surface area contributed by atoms with Gasteiger partial charge in [0.1, 0.15) is 11.2 Å². The van der Waals surface area contributed by atoms with Crippen molar-refractivity contribution >= 4 is 22.8 Å². The van der Waals surface area contributed by atoms with Crippen molar-refractivity contribution in [3.63, 3.8) is 0 Å². The van der Waals surface area contributed by atoms with Crippen LogP contribution in [0, 0.1) is 5.41 Å². The number of phenolic OH excluding ortho intramolecular Hbond substituents is 1. The van der Waals surface area contributed by atoms with Crippen molar-refractivity contribution in [3.05, 3.63) is 65.5 Å². The highest BCUT2D eigenvalue weighted by atomic mass is 16.3. The first kappa shape index (κ1) is 19.5. The molecule has 5 rings (SSSR count). The molecule has 31 heavy (non-hydrogen) atoms. The van der Waals surface area contributed by atoms with Crippen molar-refractivity contribution in [2.24, 2.45) is 5.41 Å². The van der Waals surface area contributed by atoms with Gasteiger partial charge in [-0.1, -0.05) is 32.9 Å². The van der Waals surface area contributed by atoms with E-state index in [1.807, 2.05) is 24.3 Å². The Morgan fingerprint density at radius 2 is 1.48 bits per heavy atom. The number of amides is 2. The number of fused-ring (bicyclic) bond motifs is 6. The van der Waals surface area contributed by atoms with Gasteiger partial charge in [0.25, 0.3) is 11.8 Å². The van der Waals surface area contributed by atoms with Crippen LogP contribution < -0.4 is 10.9 Å². The topological polar surface area (TPSA) is 104 Å². The SMILES string of the molecule is CC12CCC(C(=O)NNC(=O)c3ccc(O)cc3)(c3nc4ccccc4nc31)C2(C)C. The van der Waals surface area contributed by atoms with Crippen LogP contribution in [-0.4, -0.2) is 26.9 Å². The van der Waals surface area contributed by atoms with Crippen LogP contribution in [0.2, 0.25) is 0 Å². The molecule has 1 aromatic heterocycles. The van der Waals surface area contributed by atoms with Gasteiger partial charge in [-0.3, -0.25) is 20.4 Å². The highest BCUT2D eigenvalue weighted by molar-refractivity contribution is 5.98. The summed E-state index contributed by atoms with van der Waals surface area (Å²) in [5, 5.41) is 9.41. The van der Waals surface area contributed by atoms with Gasteiger partial charge in [-0.15, -0.1) is 0 Å². The van der Waals surface area contributed by atoms with Gasteiger partial charge in [0.2, 0.25) is 0 Å². The summed E-state index contributed by atoms with van der Waals surface area (Å²) in [5.41, 5.74) is 7.05. The van der Waals surface area contributed by atoms with Gasteiger partial charge < -0.3 is 5.11 Å². The third-order valence-corrected chi connectivity index (χ3v) is 7.75. The Morgan fingerprint density at radius 1 is 0.871 bits per heavy atom. The smallest absolute Gasteiger partial charge is 0.269 e. The molecule has 1 fully saturated rings. The minimum atomic E-state index is -0.893. The molecule has 0 radical (unpaired) electrons. The molecule has 3 aromatic rings. The van der Waals surface area contributed by atoms with Gasteiger partial charge in [-0.2, -0.15) is 0 Å². The van der Waals surface area contributed by atoms with Crippen molar-refractivity contribution in [2.45, 2.75) is 44.4 Å². The second kappa shape index (κ2) is 6.26. The maximum atomic E-state index is 13.6. The minimum Gasteiger partial charge on any atom is -0.508 e. The zero-order chi connectivity index (χ0) is 22.0. The third-order valence-electron chi connectivity index (χ3n) is 7.75. The molecular weight excluding hydrogens is 392 g/mol. The number of para-hydroxylation sites is 2. The lowest BCUT2D eigenvalue weighted by Crippen LogP contribution is -2.55. The van der Waals surface area contributed by atoms with Crippen LogP contribution >= 0.6 is 0 Å². The maximum Gasteiger partial charge on any atom is 0.269 e. The molecule has 1 saturated carbocycles. The van der Waals surface area contributed by atoms with Crippen LogP contribution in [0.25, 0.3) is 11.0 Å². The highest BCUT2D eigenvalue weighted by Crippen LogP contribution is 2.70. The number of nitrogens with zero attached hydrogens (tertiary/aromatic N) is 2. The molecule has 2 aliphatic carbocycles. The number of nitrogens with one attached hydrogen (secondary N) is 2. The van der Waals surface area contributed by atoms with Crippen molar-refractivity contribution in [2.75, 3.05) is 0 Å². The molecule has 0 aliphatic heterocycles. The lowest BCUT2D eigenvalue weighted by molar-refractivity contribution is -0.131. The summed E-state index contributed by atoms with van der Waals surface area (Å²) >= 11 is 0. The van der Waals surface area contributed by atoms with E-state index in [0.29, 0.717) is 17.7 Å². The van der Waals surface area contributed by atoms with Crippen LogP contribution in [0.4, 0.5) is 0 Å². The standard InChI is InChI=1S/C24H24N4O3/c1-22(2)23(3)12-13-24(22,19-18(23)25-16-6-4-5-7-17(16)26-19)21(31)28-27-20(30)14-8-10-15(29)11-9-14/h4-11,29H,12-13H2,1-3H3,(H,27,30)(H,28,31). The Kier molecular flexibility index (Phi) is 3.94. The van der Waals surface area contributed by atoms with Crippen molar-refractivity contribution in [1.82, 2.24) is 20.8 Å². The first-order valence-corrected chi connectivity index (χ1v) is 10.4. The molecule has 2 aliphatic rings. The zero-order valence-electron chi connectivity index (χ0n) is 17.7. The van der Waals surface area contributed by atoms with Gasteiger partial charge in [0.15, 0.2) is 0 Å². The molecule has 7 heteroatoms. The quantitative estimate of drug-likeness (QED) is 0.557. The summed E-state index contributed by atoms with van der Waals surface area (Å²) in [7, 11) is 0. The van der Waals surface area contributed by atoms with Crippen LogP contribution in [0.3, 0.4) is 0 Å². The summed E-state index contributed by atoms with van der Waals surface area (Å²) < 4.78 is 0. The number of rotatable bonds is 2. The number of phenols is 1. The number of benzene rings is 2. The first-order valence-electron chi connectivity index (χ1n) is 10.4. The fraction of sp³-hybridized carbons (Fsp3) is 0.333. The largest absolute Gasteiger partial charge is 0.508 e. The summed E-state index contributed by atoms with van der Waals surface area (Å²) in [4.78, 5) is 36.0. The molecule has 2 unspecified atom stereocenters. The van der Waals surface area contributed by atoms with Gasteiger partial charge in [0, 0.05) is 11.0 Å². The van der Waals surface area contributed by atoms with Crippen LogP contribution in [0.15, 0.2) is 48.5 Å². The Labute approximate surface area is 179 Å². The van der Waals surface area contributed by atoms with Gasteiger partial charge in [0.05, 0.1) is 22.4 Å². The number of aromatic nitrogens is 2. The summed E-state index contributed by atoms with van der Waals surface area (Å²) in [6, 6.07) is 13.5. The van der Waals surface area contributed by atoms with E-state index in [-0.39, 0.29) is 17.1 Å². The normalized spacial score (nSPS) is 25.3. The first-order chi connectivity index (χ1) is 14.7. The Hall–Kier alpha value is -3.48. The lowest BCUT2D eigenvalue weighted by Gasteiger charge is -2.39. The molecule has 158 valence electrons. The van der Waals surface area contributed by atoms with Crippen molar-refractivity contribution in [1.29, 1.82) is 0 Å². The van der Waals surface area contributed by atoms with Crippen molar-refractivity contribution in [3.8, 4) is 5.75 Å². The van der Waals surface area contributed by atoms with Crippen LogP contribution in [0.1, 0.15) is 55.4 Å². The average molecular weight is 416 g/mol. The molecule has 2 bridgehead atoms. The van der Waals surface area contributed by atoms with E-state index in [9.17, 15) is 14.7 Å². The summed E-state index contributed by atoms with van der Waals surface area (Å²) in [6.45, 7) is 6.34. The number of hydrogen-bond donors (Lipinski definition) is 3. The average Bonchev–Trinajstić information content (AvgIpc) is 3.06. The van der Waals surface area contributed by atoms with E-state index >= 15 is 0 Å². The second-order valence-electron chi connectivity index (χ2n) is 9.23. The second-order valence-corrected chi connectivity index (χ2v) is 9.23. The maximum absolute atomic E-state index is 13.6. The minimum absolute atomic E-state index is 0.0693. The van der Waals surface area contributed by atoms with Crippen LogP contribution in [0.5, 0.6) is 5.75 Å². The number of hydrazine groups is 1. The van der Waals surface area contributed by atoms with E-state index in [0.717, 1.165) is 23.1 Å². The van der Waals surface area contributed by atoms with E-state index in [2.05, 4.69) is 31.6 Å². The van der Waals surface area contributed by atoms with Crippen molar-refractivity contribution < 1.29 is 14.7 Å². The Balaban J connectivity index is 1.52. The molecule has 7 nitrogen and oxygen atoms in total. The number of carbonyl (C=O) groups is 2. The van der Waals surface area contributed by atoms with E-state index in [4.69, 9.17) is 9.97 Å². The Morgan fingerprint density at radius 3 is 2.13 bits per heavy atom. The zero-order valence-corrected chi connectivity index (χ0v) is 17.7. The molecule has 2 atom stereocenters. The Bertz CT molecular complexity index is 1240. The summed E-state index contributed by atoms with van der Waals surface area (Å²) in [5.74, 6) is -0.664. The molecule has 3 N–H and O–H groups in total. The molecule has 2 amide bonds. The molecule has 0 spiro atoms. The van der Waals surface area contributed by atoms with E-state index < -0.39 is 16.7 Å². The van der Waals surface area contributed by atoms with Gasteiger partial charge in [-0.05, 0) is 54.7 Å². The van der Waals surface area contributed by atoms with Gasteiger partial charge >= 0.3 is 0 Å². The third kappa shape index (κ3) is 2.40. The molecule has 1 heterocycles. The molecule has 0 saturated heterocycles. The molecular formula is C24H24N4O3. The van der Waals surface area contributed by atoms with E-state index in [1.165, 1.54) is 24.3 Å². The number of carbonyl (C=O) groups excluding carboxylic acids is 2. The van der Waals surface area contributed by atoms with E-state index in [1.54, 1.807) is 0 Å². The monoisotopic (exact) mass is 416 g/mol. The summed E-state index contributed by atoms with van der Waals surface area (Å²) in [6.07, 6.45) is 1.46. The van der Waals surface area contributed by atoms with Gasteiger partial charge in [-0.25, -0.2) is 9.97 Å². The number of aromatic hydroxyl groups is 1. The van der Waals surface area contributed by atoms with Crippen LogP contribution in [-0.2, 0) is 15.6 Å². The number of hydrogen-bond acceptors (Lipinski definition) is 5. The highest BCUT2D eigenvalue weighted by Gasteiger charge is 2.73. The fourth-order valence-electron chi connectivity index (χ4n) is 5.45. The lowest BCUT2D eigenvalue weighted by atomic mass is 9.63. The predicted molar refractivity (Wildman–Crippen MR) is 115 cm³/mol.